The molecule has 96 valence electrons. The fraction of sp³-hybridized carbons (Fsp3) is 1.00. The highest BCUT2D eigenvalue weighted by atomic mass is 16.5. The van der Waals surface area contributed by atoms with E-state index >= 15 is 0 Å². The van der Waals surface area contributed by atoms with E-state index in [1.54, 1.807) is 0 Å². The fourth-order valence-electron chi connectivity index (χ4n) is 1.90. The van der Waals surface area contributed by atoms with Crippen molar-refractivity contribution in [3.05, 3.63) is 0 Å². The fourth-order valence-corrected chi connectivity index (χ4v) is 1.90. The lowest BCUT2D eigenvalue weighted by atomic mass is 9.87. The van der Waals surface area contributed by atoms with E-state index in [4.69, 9.17) is 15.2 Å². The minimum Gasteiger partial charge on any atom is -0.379 e. The summed E-state index contributed by atoms with van der Waals surface area (Å²) in [6, 6.07) is 0. The third kappa shape index (κ3) is 5.83. The van der Waals surface area contributed by atoms with E-state index in [2.05, 4.69) is 13.8 Å². The van der Waals surface area contributed by atoms with E-state index in [0.717, 1.165) is 32.8 Å². The van der Waals surface area contributed by atoms with Crippen LogP contribution in [0.15, 0.2) is 0 Å². The average Bonchev–Trinajstić information content (AvgIpc) is 2.76. The molecule has 1 fully saturated rings. The van der Waals surface area contributed by atoms with Gasteiger partial charge in [-0.15, -0.1) is 0 Å². The highest BCUT2D eigenvalue weighted by Crippen LogP contribution is 2.21. The normalized spacial score (nSPS) is 21.6. The van der Waals surface area contributed by atoms with Crippen LogP contribution in [0.4, 0.5) is 0 Å². The summed E-state index contributed by atoms with van der Waals surface area (Å²) in [5.41, 5.74) is 5.97. The van der Waals surface area contributed by atoms with Gasteiger partial charge in [0.05, 0.1) is 12.7 Å². The van der Waals surface area contributed by atoms with Gasteiger partial charge in [-0.05, 0) is 37.6 Å². The Balaban J connectivity index is 1.88. The maximum absolute atomic E-state index is 5.68. The second-order valence-electron chi connectivity index (χ2n) is 5.54. The summed E-state index contributed by atoms with van der Waals surface area (Å²) in [5.74, 6) is 0. The van der Waals surface area contributed by atoms with Gasteiger partial charge >= 0.3 is 0 Å². The highest BCUT2D eigenvalue weighted by molar-refractivity contribution is 4.68. The molecule has 0 bridgehead atoms. The Morgan fingerprint density at radius 2 is 2.19 bits per heavy atom. The van der Waals surface area contributed by atoms with Gasteiger partial charge in [0.15, 0.2) is 0 Å². The van der Waals surface area contributed by atoms with Gasteiger partial charge in [0.1, 0.15) is 0 Å². The first kappa shape index (κ1) is 13.9. The van der Waals surface area contributed by atoms with Crippen LogP contribution in [0.2, 0.25) is 0 Å². The van der Waals surface area contributed by atoms with Gasteiger partial charge in [-0.2, -0.15) is 0 Å². The smallest absolute Gasteiger partial charge is 0.0809 e. The molecule has 0 spiro atoms. The zero-order chi connectivity index (χ0) is 11.9. The summed E-state index contributed by atoms with van der Waals surface area (Å²) in [6.45, 7) is 7.77. The van der Waals surface area contributed by atoms with Gasteiger partial charge in [0.2, 0.25) is 0 Å². The summed E-state index contributed by atoms with van der Waals surface area (Å²) in [4.78, 5) is 0. The molecule has 0 amide bonds. The molecule has 0 aromatic heterocycles. The SMILES string of the molecule is CC(C)(CN)CCCCOCC1CCCO1. The molecule has 1 atom stereocenters. The molecule has 0 aromatic rings. The molecule has 1 aliphatic heterocycles. The number of rotatable bonds is 8. The summed E-state index contributed by atoms with van der Waals surface area (Å²) < 4.78 is 11.1. The molecule has 2 N–H and O–H groups in total. The molecule has 0 radical (unpaired) electrons. The third-order valence-corrected chi connectivity index (χ3v) is 3.27. The highest BCUT2D eigenvalue weighted by Gasteiger charge is 2.16. The maximum Gasteiger partial charge on any atom is 0.0809 e. The Morgan fingerprint density at radius 3 is 2.81 bits per heavy atom. The molecule has 3 nitrogen and oxygen atoms in total. The Labute approximate surface area is 99.7 Å². The Kier molecular flexibility index (Phi) is 6.32. The molecular formula is C13H27NO2. The van der Waals surface area contributed by atoms with Gasteiger partial charge in [-0.3, -0.25) is 0 Å². The standard InChI is InChI=1S/C13H27NO2/c1-13(2,11-14)7-3-4-8-15-10-12-6-5-9-16-12/h12H,3-11,14H2,1-2H3. The minimum absolute atomic E-state index is 0.286. The molecular weight excluding hydrogens is 202 g/mol. The predicted octanol–water partition coefficient (Wildman–Crippen LogP) is 2.34. The molecule has 1 aliphatic rings. The second kappa shape index (κ2) is 7.25. The molecule has 1 rings (SSSR count). The number of nitrogens with two attached hydrogens (primary N) is 1. The van der Waals surface area contributed by atoms with Crippen LogP contribution >= 0.6 is 0 Å². The molecule has 1 unspecified atom stereocenters. The summed E-state index contributed by atoms with van der Waals surface area (Å²) in [6.07, 6.45) is 6.25. The predicted molar refractivity (Wildman–Crippen MR) is 66.5 cm³/mol. The van der Waals surface area contributed by atoms with Crippen molar-refractivity contribution in [2.45, 2.75) is 52.1 Å². The van der Waals surface area contributed by atoms with Gasteiger partial charge in [0, 0.05) is 13.2 Å². The van der Waals surface area contributed by atoms with Crippen molar-refractivity contribution in [2.24, 2.45) is 11.1 Å². The minimum atomic E-state index is 0.286. The van der Waals surface area contributed by atoms with E-state index in [1.807, 2.05) is 0 Å². The van der Waals surface area contributed by atoms with Crippen molar-refractivity contribution in [1.29, 1.82) is 0 Å². The number of ether oxygens (including phenoxy) is 2. The van der Waals surface area contributed by atoms with Crippen LogP contribution < -0.4 is 5.73 Å². The quantitative estimate of drug-likeness (QED) is 0.650. The lowest BCUT2D eigenvalue weighted by Crippen LogP contribution is -2.23. The van der Waals surface area contributed by atoms with Crippen molar-refractivity contribution in [1.82, 2.24) is 0 Å². The molecule has 3 heteroatoms. The van der Waals surface area contributed by atoms with Crippen LogP contribution in [0.25, 0.3) is 0 Å². The van der Waals surface area contributed by atoms with E-state index in [1.165, 1.54) is 25.7 Å². The molecule has 0 saturated carbocycles. The molecule has 1 heterocycles. The van der Waals surface area contributed by atoms with Crippen molar-refractivity contribution in [3.63, 3.8) is 0 Å². The second-order valence-corrected chi connectivity index (χ2v) is 5.54. The van der Waals surface area contributed by atoms with E-state index in [-0.39, 0.29) is 5.41 Å². The van der Waals surface area contributed by atoms with Crippen molar-refractivity contribution >= 4 is 0 Å². The largest absolute Gasteiger partial charge is 0.379 e. The monoisotopic (exact) mass is 229 g/mol. The number of hydrogen-bond acceptors (Lipinski definition) is 3. The molecule has 16 heavy (non-hydrogen) atoms. The average molecular weight is 229 g/mol. The zero-order valence-corrected chi connectivity index (χ0v) is 10.8. The first-order chi connectivity index (χ1) is 7.64. The van der Waals surface area contributed by atoms with Crippen molar-refractivity contribution < 1.29 is 9.47 Å². The first-order valence-corrected chi connectivity index (χ1v) is 6.53. The number of hydrogen-bond donors (Lipinski definition) is 1. The van der Waals surface area contributed by atoms with Gasteiger partial charge in [0.25, 0.3) is 0 Å². The third-order valence-electron chi connectivity index (χ3n) is 3.27. The van der Waals surface area contributed by atoms with Gasteiger partial charge < -0.3 is 15.2 Å². The maximum atomic E-state index is 5.68. The van der Waals surface area contributed by atoms with Crippen molar-refractivity contribution in [3.8, 4) is 0 Å². The van der Waals surface area contributed by atoms with Crippen LogP contribution in [-0.2, 0) is 9.47 Å². The van der Waals surface area contributed by atoms with Crippen LogP contribution in [-0.4, -0.2) is 32.5 Å². The Hall–Kier alpha value is -0.120. The summed E-state index contributed by atoms with van der Waals surface area (Å²) in [5, 5.41) is 0. The molecule has 0 aromatic carbocycles. The van der Waals surface area contributed by atoms with Crippen LogP contribution in [0.1, 0.15) is 46.0 Å². The van der Waals surface area contributed by atoms with Gasteiger partial charge in [-0.1, -0.05) is 20.3 Å². The van der Waals surface area contributed by atoms with E-state index in [0.29, 0.717) is 6.10 Å². The summed E-state index contributed by atoms with van der Waals surface area (Å²) >= 11 is 0. The lowest BCUT2D eigenvalue weighted by molar-refractivity contribution is 0.0156. The van der Waals surface area contributed by atoms with Crippen LogP contribution in [0.3, 0.4) is 0 Å². The van der Waals surface area contributed by atoms with Crippen molar-refractivity contribution in [2.75, 3.05) is 26.4 Å². The topological polar surface area (TPSA) is 44.5 Å². The Morgan fingerprint density at radius 1 is 1.38 bits per heavy atom. The van der Waals surface area contributed by atoms with Crippen LogP contribution in [0, 0.1) is 5.41 Å². The molecule has 0 aliphatic carbocycles. The summed E-state index contributed by atoms with van der Waals surface area (Å²) in [7, 11) is 0. The van der Waals surface area contributed by atoms with Gasteiger partial charge in [-0.25, -0.2) is 0 Å². The lowest BCUT2D eigenvalue weighted by Gasteiger charge is -2.21. The van der Waals surface area contributed by atoms with E-state index < -0.39 is 0 Å². The Bertz CT molecular complexity index is 177. The van der Waals surface area contributed by atoms with Crippen LogP contribution in [0.5, 0.6) is 0 Å². The van der Waals surface area contributed by atoms with E-state index in [9.17, 15) is 0 Å². The zero-order valence-electron chi connectivity index (χ0n) is 10.8. The number of unbranched alkanes of at least 4 members (excludes halogenated alkanes) is 1. The first-order valence-electron chi connectivity index (χ1n) is 6.53. The molecule has 1 saturated heterocycles.